The maximum Gasteiger partial charge on any atom is 0.225 e. The number of nitrogens with one attached hydrogen (secondary N) is 1. The topological polar surface area (TPSA) is 54.9 Å². The number of fused-ring (bicyclic) bond motifs is 1. The van der Waals surface area contributed by atoms with Gasteiger partial charge < -0.3 is 5.32 Å². The summed E-state index contributed by atoms with van der Waals surface area (Å²) in [6.07, 6.45) is 2.87. The van der Waals surface area contributed by atoms with E-state index in [1.165, 1.54) is 0 Å². The van der Waals surface area contributed by atoms with Gasteiger partial charge in [-0.3, -0.25) is 9.78 Å². The standard InChI is InChI=1S/C19H21N3OS/c1-4-19(3,18-21-13(2)12-24-18)22-16(23)11-15-8-5-7-14-9-6-10-20-17(14)15/h5-10,12H,4,11H2,1-3H3,(H,22,23). The fourth-order valence-electron chi connectivity index (χ4n) is 2.74. The second kappa shape index (κ2) is 6.69. The second-order valence-corrected chi connectivity index (χ2v) is 7.06. The molecule has 1 aromatic carbocycles. The molecule has 3 aromatic rings. The summed E-state index contributed by atoms with van der Waals surface area (Å²) in [5.41, 5.74) is 2.38. The van der Waals surface area contributed by atoms with Gasteiger partial charge in [0.2, 0.25) is 5.91 Å². The molecule has 24 heavy (non-hydrogen) atoms. The van der Waals surface area contributed by atoms with E-state index in [0.29, 0.717) is 6.42 Å². The average Bonchev–Trinajstić information content (AvgIpc) is 3.02. The zero-order valence-electron chi connectivity index (χ0n) is 14.2. The Hall–Kier alpha value is -2.27. The van der Waals surface area contributed by atoms with E-state index in [1.807, 2.05) is 49.6 Å². The van der Waals surface area contributed by atoms with Gasteiger partial charge in [0, 0.05) is 22.7 Å². The Morgan fingerprint density at radius 2 is 2.08 bits per heavy atom. The third-order valence-corrected chi connectivity index (χ3v) is 5.50. The van der Waals surface area contributed by atoms with Crippen molar-refractivity contribution in [3.05, 3.63) is 58.2 Å². The average molecular weight is 339 g/mol. The highest BCUT2D eigenvalue weighted by Gasteiger charge is 2.29. The highest BCUT2D eigenvalue weighted by atomic mass is 32.1. The molecular formula is C19H21N3OS. The zero-order chi connectivity index (χ0) is 17.2. The molecule has 0 radical (unpaired) electrons. The van der Waals surface area contributed by atoms with E-state index in [-0.39, 0.29) is 5.91 Å². The summed E-state index contributed by atoms with van der Waals surface area (Å²) < 4.78 is 0. The van der Waals surface area contributed by atoms with Crippen molar-refractivity contribution in [1.29, 1.82) is 0 Å². The molecule has 0 aliphatic rings. The second-order valence-electron chi connectivity index (χ2n) is 6.20. The van der Waals surface area contributed by atoms with Gasteiger partial charge in [0.05, 0.1) is 17.5 Å². The summed E-state index contributed by atoms with van der Waals surface area (Å²) in [4.78, 5) is 21.6. The van der Waals surface area contributed by atoms with Crippen molar-refractivity contribution in [2.45, 2.75) is 39.2 Å². The van der Waals surface area contributed by atoms with Crippen LogP contribution in [-0.4, -0.2) is 15.9 Å². The van der Waals surface area contributed by atoms with Gasteiger partial charge in [-0.2, -0.15) is 0 Å². The number of benzene rings is 1. The lowest BCUT2D eigenvalue weighted by atomic mass is 9.98. The Kier molecular flexibility index (Phi) is 4.62. The lowest BCUT2D eigenvalue weighted by Crippen LogP contribution is -2.43. The normalized spacial score (nSPS) is 13.6. The zero-order valence-corrected chi connectivity index (χ0v) is 15.0. The van der Waals surface area contributed by atoms with Crippen molar-refractivity contribution in [3.63, 3.8) is 0 Å². The first kappa shape index (κ1) is 16.6. The molecule has 0 aliphatic carbocycles. The molecule has 124 valence electrons. The first-order chi connectivity index (χ1) is 11.5. The summed E-state index contributed by atoms with van der Waals surface area (Å²) in [5, 5.41) is 7.19. The van der Waals surface area contributed by atoms with E-state index >= 15 is 0 Å². The van der Waals surface area contributed by atoms with E-state index in [2.05, 4.69) is 22.2 Å². The first-order valence-electron chi connectivity index (χ1n) is 8.08. The van der Waals surface area contributed by atoms with Crippen LogP contribution < -0.4 is 5.32 Å². The quantitative estimate of drug-likeness (QED) is 0.765. The summed E-state index contributed by atoms with van der Waals surface area (Å²) in [5.74, 6) is -0.00893. The van der Waals surface area contributed by atoms with Crippen molar-refractivity contribution < 1.29 is 4.79 Å². The Morgan fingerprint density at radius 1 is 1.29 bits per heavy atom. The van der Waals surface area contributed by atoms with Crippen LogP contribution in [0, 0.1) is 6.92 Å². The van der Waals surface area contributed by atoms with Crippen LogP contribution in [0.4, 0.5) is 0 Å². The summed E-state index contributed by atoms with van der Waals surface area (Å²) in [6.45, 7) is 6.07. The SMILES string of the molecule is CCC(C)(NC(=O)Cc1cccc2cccnc12)c1nc(C)cs1. The van der Waals surface area contributed by atoms with Gasteiger partial charge in [0.15, 0.2) is 0 Å². The van der Waals surface area contributed by atoms with E-state index in [1.54, 1.807) is 17.5 Å². The van der Waals surface area contributed by atoms with Crippen molar-refractivity contribution in [3.8, 4) is 0 Å². The largest absolute Gasteiger partial charge is 0.344 e. The molecule has 0 bridgehead atoms. The molecule has 0 fully saturated rings. The van der Waals surface area contributed by atoms with Gasteiger partial charge in [0.1, 0.15) is 5.01 Å². The molecule has 1 atom stereocenters. The van der Waals surface area contributed by atoms with E-state index in [9.17, 15) is 4.79 Å². The van der Waals surface area contributed by atoms with Crippen LogP contribution in [0.25, 0.3) is 10.9 Å². The smallest absolute Gasteiger partial charge is 0.225 e. The van der Waals surface area contributed by atoms with Gasteiger partial charge in [-0.1, -0.05) is 31.2 Å². The van der Waals surface area contributed by atoms with Crippen molar-refractivity contribution >= 4 is 28.1 Å². The number of carbonyl (C=O) groups is 1. The van der Waals surface area contributed by atoms with Crippen LogP contribution in [0.15, 0.2) is 41.9 Å². The summed E-state index contributed by atoms with van der Waals surface area (Å²) >= 11 is 1.59. The number of carbonyl (C=O) groups excluding carboxylic acids is 1. The predicted molar refractivity (Wildman–Crippen MR) is 98.1 cm³/mol. The van der Waals surface area contributed by atoms with E-state index in [4.69, 9.17) is 0 Å². The number of aryl methyl sites for hydroxylation is 1. The Morgan fingerprint density at radius 3 is 2.79 bits per heavy atom. The predicted octanol–water partition coefficient (Wildman–Crippen LogP) is 3.98. The summed E-state index contributed by atoms with van der Waals surface area (Å²) in [6, 6.07) is 9.86. The van der Waals surface area contributed by atoms with Crippen LogP contribution in [0.1, 0.15) is 36.5 Å². The highest BCUT2D eigenvalue weighted by molar-refractivity contribution is 7.09. The minimum absolute atomic E-state index is 0.00893. The molecule has 5 heteroatoms. The maximum atomic E-state index is 12.6. The monoisotopic (exact) mass is 339 g/mol. The Balaban J connectivity index is 1.81. The lowest BCUT2D eigenvalue weighted by molar-refractivity contribution is -0.122. The van der Waals surface area contributed by atoms with Gasteiger partial charge in [0.25, 0.3) is 0 Å². The number of aromatic nitrogens is 2. The molecule has 0 saturated carbocycles. The first-order valence-corrected chi connectivity index (χ1v) is 8.96. The van der Waals surface area contributed by atoms with Crippen molar-refractivity contribution in [2.75, 3.05) is 0 Å². The molecule has 2 aromatic heterocycles. The third kappa shape index (κ3) is 3.31. The number of hydrogen-bond acceptors (Lipinski definition) is 4. The maximum absolute atomic E-state index is 12.6. The summed E-state index contributed by atoms with van der Waals surface area (Å²) in [7, 11) is 0. The molecule has 1 N–H and O–H groups in total. The number of amides is 1. The number of rotatable bonds is 5. The number of thiazole rings is 1. The van der Waals surface area contributed by atoms with E-state index in [0.717, 1.165) is 33.6 Å². The highest BCUT2D eigenvalue weighted by Crippen LogP contribution is 2.28. The molecule has 0 saturated heterocycles. The molecule has 2 heterocycles. The van der Waals surface area contributed by atoms with Crippen LogP contribution >= 0.6 is 11.3 Å². The minimum Gasteiger partial charge on any atom is -0.344 e. The van der Waals surface area contributed by atoms with Crippen LogP contribution in [0.2, 0.25) is 0 Å². The number of nitrogens with zero attached hydrogens (tertiary/aromatic N) is 2. The van der Waals surface area contributed by atoms with Gasteiger partial charge in [-0.05, 0) is 31.9 Å². The molecule has 0 aliphatic heterocycles. The number of pyridine rings is 1. The van der Waals surface area contributed by atoms with Crippen molar-refractivity contribution in [2.24, 2.45) is 0 Å². The number of hydrogen-bond donors (Lipinski definition) is 1. The van der Waals surface area contributed by atoms with Gasteiger partial charge in [-0.15, -0.1) is 11.3 Å². The van der Waals surface area contributed by atoms with Gasteiger partial charge >= 0.3 is 0 Å². The molecule has 1 amide bonds. The molecule has 3 rings (SSSR count). The molecule has 0 spiro atoms. The van der Waals surface area contributed by atoms with E-state index < -0.39 is 5.54 Å². The fourth-order valence-corrected chi connectivity index (χ4v) is 3.72. The molecular weight excluding hydrogens is 318 g/mol. The van der Waals surface area contributed by atoms with Crippen LogP contribution in [0.5, 0.6) is 0 Å². The van der Waals surface area contributed by atoms with Crippen LogP contribution in [-0.2, 0) is 16.8 Å². The Bertz CT molecular complexity index is 868. The molecule has 1 unspecified atom stereocenters. The minimum atomic E-state index is -0.436. The Labute approximate surface area is 146 Å². The molecule has 4 nitrogen and oxygen atoms in total. The van der Waals surface area contributed by atoms with Crippen molar-refractivity contribution in [1.82, 2.24) is 15.3 Å². The van der Waals surface area contributed by atoms with Crippen LogP contribution in [0.3, 0.4) is 0 Å². The van der Waals surface area contributed by atoms with Gasteiger partial charge in [-0.25, -0.2) is 4.98 Å². The lowest BCUT2D eigenvalue weighted by Gasteiger charge is -2.27. The number of para-hydroxylation sites is 1. The third-order valence-electron chi connectivity index (χ3n) is 4.28. The fraction of sp³-hybridized carbons (Fsp3) is 0.316.